The number of benzene rings is 1. The summed E-state index contributed by atoms with van der Waals surface area (Å²) in [5.41, 5.74) is 8.59. The molecule has 0 aromatic heterocycles. The van der Waals surface area contributed by atoms with Crippen molar-refractivity contribution < 1.29 is 4.79 Å². The number of hydrogen-bond donors (Lipinski definition) is 2. The first-order valence-electron chi connectivity index (χ1n) is 6.32. The van der Waals surface area contributed by atoms with Gasteiger partial charge in [-0.25, -0.2) is 0 Å². The molecule has 3 N–H and O–H groups in total. The van der Waals surface area contributed by atoms with Crippen LogP contribution in [0.1, 0.15) is 25.0 Å². The Morgan fingerprint density at radius 2 is 2.17 bits per heavy atom. The fraction of sp³-hybridized carbons (Fsp3) is 0.500. The molecule has 0 aliphatic carbocycles. The monoisotopic (exact) mass is 247 g/mol. The summed E-state index contributed by atoms with van der Waals surface area (Å²) in [5, 5.41) is 2.91. The molecule has 1 aliphatic heterocycles. The fourth-order valence-electron chi connectivity index (χ4n) is 2.43. The summed E-state index contributed by atoms with van der Waals surface area (Å²) in [5.74, 6) is 0.0781. The molecular formula is C14H21N3O. The highest BCUT2D eigenvalue weighted by Gasteiger charge is 2.37. The number of piperazine rings is 1. The molecule has 98 valence electrons. The lowest BCUT2D eigenvalue weighted by atomic mass is 9.97. The molecule has 4 nitrogen and oxygen atoms in total. The van der Waals surface area contributed by atoms with Crippen molar-refractivity contribution in [3.8, 4) is 0 Å². The third-order valence-electron chi connectivity index (χ3n) is 3.71. The van der Waals surface area contributed by atoms with E-state index in [1.54, 1.807) is 0 Å². The molecule has 1 aromatic carbocycles. The number of nitrogens with two attached hydrogens (primary N) is 1. The molecule has 0 bridgehead atoms. The zero-order chi connectivity index (χ0) is 13.3. The Hall–Kier alpha value is -1.55. The molecule has 1 aromatic rings. The van der Waals surface area contributed by atoms with Gasteiger partial charge in [-0.3, -0.25) is 4.79 Å². The van der Waals surface area contributed by atoms with Crippen molar-refractivity contribution in [2.75, 3.05) is 18.0 Å². The maximum atomic E-state index is 11.9. The lowest BCUT2D eigenvalue weighted by molar-refractivity contribution is -0.126. The Kier molecular flexibility index (Phi) is 3.30. The molecule has 2 rings (SSSR count). The molecular weight excluding hydrogens is 226 g/mol. The van der Waals surface area contributed by atoms with Gasteiger partial charge in [-0.1, -0.05) is 6.07 Å². The molecule has 0 atom stereocenters. The molecule has 1 saturated heterocycles. The number of nitrogens with one attached hydrogen (secondary N) is 1. The van der Waals surface area contributed by atoms with Crippen LogP contribution in [0.4, 0.5) is 5.69 Å². The SMILES string of the molecule is Cc1cc(N2CCNC(=O)C2(C)C)ccc1CN. The standard InChI is InChI=1S/C14H21N3O/c1-10-8-12(5-4-11(10)9-15)17-7-6-16-13(18)14(17,2)3/h4-5,8H,6-7,9,15H2,1-3H3,(H,16,18). The van der Waals surface area contributed by atoms with E-state index >= 15 is 0 Å². The predicted octanol–water partition coefficient (Wildman–Crippen LogP) is 1.17. The fourth-order valence-corrected chi connectivity index (χ4v) is 2.43. The first-order chi connectivity index (χ1) is 8.46. The van der Waals surface area contributed by atoms with Crippen molar-refractivity contribution in [2.45, 2.75) is 32.9 Å². The Morgan fingerprint density at radius 3 is 2.78 bits per heavy atom. The second kappa shape index (κ2) is 4.61. The van der Waals surface area contributed by atoms with E-state index in [4.69, 9.17) is 5.73 Å². The van der Waals surface area contributed by atoms with Gasteiger partial charge in [0.05, 0.1) is 0 Å². The third kappa shape index (κ3) is 2.08. The number of amides is 1. The van der Waals surface area contributed by atoms with E-state index in [2.05, 4.69) is 29.3 Å². The molecule has 18 heavy (non-hydrogen) atoms. The van der Waals surface area contributed by atoms with Gasteiger partial charge in [0, 0.05) is 25.3 Å². The minimum Gasteiger partial charge on any atom is -0.356 e. The molecule has 1 fully saturated rings. The van der Waals surface area contributed by atoms with E-state index in [0.717, 1.165) is 17.8 Å². The average molecular weight is 247 g/mol. The van der Waals surface area contributed by atoms with Gasteiger partial charge in [-0.05, 0) is 44.0 Å². The van der Waals surface area contributed by atoms with Gasteiger partial charge >= 0.3 is 0 Å². The highest BCUT2D eigenvalue weighted by molar-refractivity contribution is 5.90. The van der Waals surface area contributed by atoms with Gasteiger partial charge < -0.3 is 16.0 Å². The minimum atomic E-state index is -0.505. The topological polar surface area (TPSA) is 58.4 Å². The van der Waals surface area contributed by atoms with Gasteiger partial charge in [0.25, 0.3) is 0 Å². The first kappa shape index (κ1) is 12.9. The number of anilines is 1. The van der Waals surface area contributed by atoms with Crippen molar-refractivity contribution in [2.24, 2.45) is 5.73 Å². The summed E-state index contributed by atoms with van der Waals surface area (Å²) in [7, 11) is 0. The number of carbonyl (C=O) groups excluding carboxylic acids is 1. The van der Waals surface area contributed by atoms with Crippen molar-refractivity contribution >= 4 is 11.6 Å². The van der Waals surface area contributed by atoms with Crippen molar-refractivity contribution in [1.82, 2.24) is 5.32 Å². The second-order valence-corrected chi connectivity index (χ2v) is 5.28. The van der Waals surface area contributed by atoms with E-state index in [0.29, 0.717) is 13.1 Å². The summed E-state index contributed by atoms with van der Waals surface area (Å²) in [6.07, 6.45) is 0. The number of hydrogen-bond acceptors (Lipinski definition) is 3. The van der Waals surface area contributed by atoms with Crippen LogP contribution in [0.5, 0.6) is 0 Å². The van der Waals surface area contributed by atoms with Crippen LogP contribution in [-0.4, -0.2) is 24.5 Å². The molecule has 0 unspecified atom stereocenters. The van der Waals surface area contributed by atoms with Crippen LogP contribution in [-0.2, 0) is 11.3 Å². The van der Waals surface area contributed by atoms with Crippen molar-refractivity contribution in [3.05, 3.63) is 29.3 Å². The zero-order valence-electron chi connectivity index (χ0n) is 11.3. The van der Waals surface area contributed by atoms with Crippen molar-refractivity contribution in [3.63, 3.8) is 0 Å². The lowest BCUT2D eigenvalue weighted by Crippen LogP contribution is -2.62. The molecule has 0 radical (unpaired) electrons. The molecule has 1 aliphatic rings. The summed E-state index contributed by atoms with van der Waals surface area (Å²) >= 11 is 0. The van der Waals surface area contributed by atoms with Crippen LogP contribution < -0.4 is 16.0 Å². The maximum Gasteiger partial charge on any atom is 0.245 e. The lowest BCUT2D eigenvalue weighted by Gasteiger charge is -2.43. The van der Waals surface area contributed by atoms with Gasteiger partial charge in [0.1, 0.15) is 5.54 Å². The van der Waals surface area contributed by atoms with Crippen LogP contribution >= 0.6 is 0 Å². The van der Waals surface area contributed by atoms with Crippen LogP contribution in [0.2, 0.25) is 0 Å². The summed E-state index contributed by atoms with van der Waals surface area (Å²) < 4.78 is 0. The summed E-state index contributed by atoms with van der Waals surface area (Å²) in [6, 6.07) is 6.21. The minimum absolute atomic E-state index is 0.0781. The quantitative estimate of drug-likeness (QED) is 0.824. The van der Waals surface area contributed by atoms with Gasteiger partial charge in [-0.2, -0.15) is 0 Å². The van der Waals surface area contributed by atoms with E-state index in [1.807, 2.05) is 19.9 Å². The van der Waals surface area contributed by atoms with E-state index in [9.17, 15) is 4.79 Å². The third-order valence-corrected chi connectivity index (χ3v) is 3.71. The molecule has 4 heteroatoms. The molecule has 0 saturated carbocycles. The Bertz CT molecular complexity index is 468. The van der Waals surface area contributed by atoms with Crippen LogP contribution in [0.25, 0.3) is 0 Å². The Morgan fingerprint density at radius 1 is 1.44 bits per heavy atom. The Labute approximate surface area is 108 Å². The highest BCUT2D eigenvalue weighted by atomic mass is 16.2. The average Bonchev–Trinajstić information content (AvgIpc) is 2.32. The number of nitrogens with zero attached hydrogens (tertiary/aromatic N) is 1. The number of carbonyl (C=O) groups is 1. The smallest absolute Gasteiger partial charge is 0.245 e. The normalized spacial score (nSPS) is 18.7. The molecule has 0 spiro atoms. The molecule has 1 amide bonds. The van der Waals surface area contributed by atoms with Crippen LogP contribution in [0.15, 0.2) is 18.2 Å². The van der Waals surface area contributed by atoms with Gasteiger partial charge in [0.2, 0.25) is 5.91 Å². The highest BCUT2D eigenvalue weighted by Crippen LogP contribution is 2.27. The predicted molar refractivity (Wildman–Crippen MR) is 73.5 cm³/mol. The first-order valence-corrected chi connectivity index (χ1v) is 6.32. The Balaban J connectivity index is 2.36. The van der Waals surface area contributed by atoms with Crippen LogP contribution in [0.3, 0.4) is 0 Å². The van der Waals surface area contributed by atoms with Crippen molar-refractivity contribution in [1.29, 1.82) is 0 Å². The van der Waals surface area contributed by atoms with E-state index < -0.39 is 5.54 Å². The second-order valence-electron chi connectivity index (χ2n) is 5.28. The maximum absolute atomic E-state index is 11.9. The molecule has 1 heterocycles. The number of rotatable bonds is 2. The van der Waals surface area contributed by atoms with Crippen LogP contribution in [0, 0.1) is 6.92 Å². The van der Waals surface area contributed by atoms with Gasteiger partial charge in [0.15, 0.2) is 0 Å². The van der Waals surface area contributed by atoms with E-state index in [1.165, 1.54) is 5.56 Å². The number of aryl methyl sites for hydroxylation is 1. The zero-order valence-corrected chi connectivity index (χ0v) is 11.3. The van der Waals surface area contributed by atoms with Gasteiger partial charge in [-0.15, -0.1) is 0 Å². The van der Waals surface area contributed by atoms with E-state index in [-0.39, 0.29) is 5.91 Å². The summed E-state index contributed by atoms with van der Waals surface area (Å²) in [6.45, 7) is 8.04. The summed E-state index contributed by atoms with van der Waals surface area (Å²) in [4.78, 5) is 14.1. The largest absolute Gasteiger partial charge is 0.356 e.